The first kappa shape index (κ1) is 78.6. The van der Waals surface area contributed by atoms with E-state index < -0.39 is 6.10 Å². The maximum absolute atomic E-state index is 12.9. The van der Waals surface area contributed by atoms with Crippen molar-refractivity contribution >= 4 is 17.9 Å². The van der Waals surface area contributed by atoms with Crippen LogP contribution in [0, 0.1) is 0 Å². The summed E-state index contributed by atoms with van der Waals surface area (Å²) < 4.78 is 17.0. The highest BCUT2D eigenvalue weighted by Gasteiger charge is 2.19. The molecule has 1 atom stereocenters. The highest BCUT2D eigenvalue weighted by atomic mass is 16.6. The zero-order valence-corrected chi connectivity index (χ0v) is 54.5. The highest BCUT2D eigenvalue weighted by molar-refractivity contribution is 5.71. The third-order valence-electron chi connectivity index (χ3n) is 15.6. The first-order chi connectivity index (χ1) is 40.5. The van der Waals surface area contributed by atoms with Crippen molar-refractivity contribution in [1.82, 2.24) is 0 Å². The summed E-state index contributed by atoms with van der Waals surface area (Å²) in [6.45, 7) is 6.50. The van der Waals surface area contributed by atoms with Gasteiger partial charge in [-0.25, -0.2) is 0 Å². The molecule has 0 bridgehead atoms. The average Bonchev–Trinajstić information content (AvgIpc) is 3.47. The first-order valence-corrected chi connectivity index (χ1v) is 35.6. The third-order valence-corrected chi connectivity index (χ3v) is 15.6. The lowest BCUT2D eigenvalue weighted by Gasteiger charge is -2.18. The average molecular weight is 1140 g/mol. The molecule has 0 aliphatic rings. The normalized spacial score (nSPS) is 12.6. The van der Waals surface area contributed by atoms with Crippen LogP contribution in [0.15, 0.2) is 85.1 Å². The lowest BCUT2D eigenvalue weighted by Crippen LogP contribution is -2.30. The molecular weight excluding hydrogens is 1010 g/mol. The van der Waals surface area contributed by atoms with Gasteiger partial charge in [-0.15, -0.1) is 0 Å². The number of hydrogen-bond acceptors (Lipinski definition) is 6. The number of carbonyl (C=O) groups excluding carboxylic acids is 3. The van der Waals surface area contributed by atoms with Crippen LogP contribution in [0.5, 0.6) is 0 Å². The molecule has 0 amide bonds. The van der Waals surface area contributed by atoms with Gasteiger partial charge in [0.2, 0.25) is 0 Å². The van der Waals surface area contributed by atoms with Crippen LogP contribution in [0.4, 0.5) is 0 Å². The molecule has 0 aromatic rings. The van der Waals surface area contributed by atoms with E-state index in [2.05, 4.69) is 106 Å². The fourth-order valence-corrected chi connectivity index (χ4v) is 10.3. The maximum Gasteiger partial charge on any atom is 0.306 e. The maximum atomic E-state index is 12.9. The van der Waals surface area contributed by atoms with Crippen LogP contribution in [0.25, 0.3) is 0 Å². The second-order valence-electron chi connectivity index (χ2n) is 23.8. The topological polar surface area (TPSA) is 78.9 Å². The van der Waals surface area contributed by atoms with Gasteiger partial charge in [0, 0.05) is 19.3 Å². The Balaban J connectivity index is 4.21. The minimum atomic E-state index is -0.781. The summed E-state index contributed by atoms with van der Waals surface area (Å²) in [5.74, 6) is -0.870. The third kappa shape index (κ3) is 67.4. The molecule has 0 saturated heterocycles. The summed E-state index contributed by atoms with van der Waals surface area (Å²) >= 11 is 0. The highest BCUT2D eigenvalue weighted by Crippen LogP contribution is 2.18. The monoisotopic (exact) mass is 1140 g/mol. The minimum Gasteiger partial charge on any atom is -0.462 e. The Morgan fingerprint density at radius 2 is 0.500 bits per heavy atom. The van der Waals surface area contributed by atoms with Gasteiger partial charge in [0.1, 0.15) is 13.2 Å². The predicted octanol–water partition coefficient (Wildman–Crippen LogP) is 24.6. The summed E-state index contributed by atoms with van der Waals surface area (Å²) in [6.07, 6.45) is 93.3. The second kappa shape index (κ2) is 70.1. The Morgan fingerprint density at radius 3 is 0.793 bits per heavy atom. The summed E-state index contributed by atoms with van der Waals surface area (Å²) in [5.41, 5.74) is 0. The molecule has 0 aliphatic heterocycles. The number of rotatable bonds is 65. The van der Waals surface area contributed by atoms with Crippen LogP contribution >= 0.6 is 0 Å². The van der Waals surface area contributed by atoms with Gasteiger partial charge in [0.05, 0.1) is 0 Å². The summed E-state index contributed by atoms with van der Waals surface area (Å²) in [7, 11) is 0. The molecule has 0 aliphatic carbocycles. The fraction of sp³-hybridized carbons (Fsp3) is 0.776. The van der Waals surface area contributed by atoms with Crippen LogP contribution in [0.2, 0.25) is 0 Å². The lowest BCUT2D eigenvalue weighted by molar-refractivity contribution is -0.167. The van der Waals surface area contributed by atoms with Gasteiger partial charge in [-0.2, -0.15) is 0 Å². The van der Waals surface area contributed by atoms with Gasteiger partial charge in [0.25, 0.3) is 0 Å². The molecule has 82 heavy (non-hydrogen) atoms. The van der Waals surface area contributed by atoms with Crippen molar-refractivity contribution < 1.29 is 28.6 Å². The van der Waals surface area contributed by atoms with Crippen LogP contribution < -0.4 is 0 Å². The molecule has 0 N–H and O–H groups in total. The molecular formula is C76H134O6. The van der Waals surface area contributed by atoms with Crippen molar-refractivity contribution in [3.63, 3.8) is 0 Å². The van der Waals surface area contributed by atoms with Crippen LogP contribution in [0.3, 0.4) is 0 Å². The summed E-state index contributed by atoms with van der Waals surface area (Å²) in [6, 6.07) is 0. The van der Waals surface area contributed by atoms with Gasteiger partial charge in [0.15, 0.2) is 6.10 Å². The Labute approximate surface area is 509 Å². The number of carbonyl (C=O) groups is 3. The van der Waals surface area contributed by atoms with Gasteiger partial charge < -0.3 is 14.2 Å². The van der Waals surface area contributed by atoms with Crippen molar-refractivity contribution in [2.24, 2.45) is 0 Å². The quantitative estimate of drug-likeness (QED) is 0.0261. The Morgan fingerprint density at radius 1 is 0.256 bits per heavy atom. The number of unbranched alkanes of at least 4 members (excludes halogenated alkanes) is 40. The van der Waals surface area contributed by atoms with Gasteiger partial charge in [-0.05, 0) is 89.9 Å². The Kier molecular flexibility index (Phi) is 67.2. The molecule has 1 unspecified atom stereocenters. The summed E-state index contributed by atoms with van der Waals surface area (Å²) in [4.78, 5) is 38.4. The number of allylic oxidation sites excluding steroid dienone is 14. The van der Waals surface area contributed by atoms with E-state index in [0.717, 1.165) is 116 Å². The standard InChI is InChI=1S/C76H134O6/c1-4-7-10-13-16-19-22-25-27-29-31-33-34-35-36-37-38-39-40-41-42-43-45-46-48-51-54-57-60-63-66-69-75(78)81-72-73(71-80-74(77)68-65-62-59-56-53-50-24-21-18-15-12-9-6-3)82-76(79)70-67-64-61-58-55-52-49-47-44-32-30-28-26-23-20-17-14-11-8-5-2/h7,10,12,15-16,19,21,24-25,27,31,33,35-36,73H,4-6,8-9,11,13-14,17-18,20,22-23,26,28-30,32,34,37-72H2,1-3H3/b10-7-,15-12-,19-16-,24-21-,27-25-,33-31-,36-35-. The van der Waals surface area contributed by atoms with Gasteiger partial charge in [-0.3, -0.25) is 14.4 Å². The molecule has 0 rings (SSSR count). The number of esters is 3. The smallest absolute Gasteiger partial charge is 0.306 e. The van der Waals surface area contributed by atoms with Crippen molar-refractivity contribution in [3.05, 3.63) is 85.1 Å². The molecule has 0 heterocycles. The van der Waals surface area contributed by atoms with Crippen LogP contribution in [-0.2, 0) is 28.6 Å². The fourth-order valence-electron chi connectivity index (χ4n) is 10.3. The van der Waals surface area contributed by atoms with E-state index in [9.17, 15) is 14.4 Å². The van der Waals surface area contributed by atoms with E-state index >= 15 is 0 Å². The van der Waals surface area contributed by atoms with E-state index in [1.54, 1.807) is 0 Å². The molecule has 0 aromatic heterocycles. The predicted molar refractivity (Wildman–Crippen MR) is 358 cm³/mol. The van der Waals surface area contributed by atoms with E-state index in [1.165, 1.54) is 205 Å². The van der Waals surface area contributed by atoms with Crippen LogP contribution in [0.1, 0.15) is 361 Å². The number of hydrogen-bond donors (Lipinski definition) is 0. The van der Waals surface area contributed by atoms with Crippen molar-refractivity contribution in [2.45, 2.75) is 367 Å². The summed E-state index contributed by atoms with van der Waals surface area (Å²) in [5, 5.41) is 0. The van der Waals surface area contributed by atoms with Crippen molar-refractivity contribution in [3.8, 4) is 0 Å². The van der Waals surface area contributed by atoms with E-state index in [0.29, 0.717) is 19.3 Å². The molecule has 6 nitrogen and oxygen atoms in total. The molecule has 0 fully saturated rings. The van der Waals surface area contributed by atoms with E-state index in [-0.39, 0.29) is 31.1 Å². The first-order valence-electron chi connectivity index (χ1n) is 35.6. The Hall–Kier alpha value is -3.41. The van der Waals surface area contributed by atoms with Gasteiger partial charge >= 0.3 is 17.9 Å². The van der Waals surface area contributed by atoms with Gasteiger partial charge in [-0.1, -0.05) is 337 Å². The SMILES string of the molecule is CC/C=C\C/C=C\C/C=C\C/C=C\C/C=C\CCCCCCCCCCCCCCCCCC(=O)OCC(COC(=O)CCCCCCC/C=C\C/C=C\CCC)OC(=O)CCCCCCCCCCCCCCCCCCCCCC. The molecule has 0 saturated carbocycles. The molecule has 0 aromatic carbocycles. The second-order valence-corrected chi connectivity index (χ2v) is 23.8. The zero-order chi connectivity index (χ0) is 59.2. The molecule has 0 spiro atoms. The molecule has 0 radical (unpaired) electrons. The van der Waals surface area contributed by atoms with E-state index in [1.807, 2.05) is 0 Å². The zero-order valence-electron chi connectivity index (χ0n) is 54.5. The largest absolute Gasteiger partial charge is 0.462 e. The van der Waals surface area contributed by atoms with Crippen molar-refractivity contribution in [1.29, 1.82) is 0 Å². The minimum absolute atomic E-state index is 0.0764. The van der Waals surface area contributed by atoms with Crippen molar-refractivity contribution in [2.75, 3.05) is 13.2 Å². The molecule has 6 heteroatoms. The lowest BCUT2D eigenvalue weighted by atomic mass is 10.0. The van der Waals surface area contributed by atoms with Crippen LogP contribution in [-0.4, -0.2) is 37.2 Å². The number of ether oxygens (including phenoxy) is 3. The van der Waals surface area contributed by atoms with E-state index in [4.69, 9.17) is 14.2 Å². The molecule has 474 valence electrons. The Bertz CT molecular complexity index is 1550.